The quantitative estimate of drug-likeness (QED) is 0.491. The molecule has 6 heteroatoms. The molecule has 2 rings (SSSR count). The predicted octanol–water partition coefficient (Wildman–Crippen LogP) is 1.56. The Morgan fingerprint density at radius 1 is 1.26 bits per heavy atom. The van der Waals surface area contributed by atoms with Crippen molar-refractivity contribution in [2.24, 2.45) is 5.84 Å². The number of amides is 1. The predicted molar refractivity (Wildman–Crippen MR) is 73.4 cm³/mol. The molecule has 1 aromatic rings. The highest BCUT2D eigenvalue weighted by molar-refractivity contribution is 5.92. The van der Waals surface area contributed by atoms with Gasteiger partial charge in [-0.3, -0.25) is 4.79 Å². The number of anilines is 1. The van der Waals surface area contributed by atoms with E-state index in [1.807, 2.05) is 11.9 Å². The highest BCUT2D eigenvalue weighted by Gasteiger charge is 2.23. The first kappa shape index (κ1) is 13.7. The molecule has 1 fully saturated rings. The number of nitrogens with zero attached hydrogens (tertiary/aromatic N) is 3. The zero-order chi connectivity index (χ0) is 13.7. The summed E-state index contributed by atoms with van der Waals surface area (Å²) in [6.07, 6.45) is 7.11. The molecular weight excluding hydrogens is 242 g/mol. The van der Waals surface area contributed by atoms with Crippen LogP contribution in [0, 0.1) is 0 Å². The second-order valence-corrected chi connectivity index (χ2v) is 5.01. The van der Waals surface area contributed by atoms with Gasteiger partial charge in [0, 0.05) is 13.1 Å². The first-order chi connectivity index (χ1) is 9.22. The van der Waals surface area contributed by atoms with Gasteiger partial charge in [-0.05, 0) is 25.0 Å². The zero-order valence-electron chi connectivity index (χ0n) is 11.3. The van der Waals surface area contributed by atoms with Crippen molar-refractivity contribution in [3.8, 4) is 0 Å². The molecular formula is C13H21N5O. The average Bonchev–Trinajstić information content (AvgIpc) is 2.75. The number of rotatable bonds is 3. The lowest BCUT2D eigenvalue weighted by molar-refractivity contribution is 0.0710. The normalized spacial score (nSPS) is 16.7. The molecule has 0 saturated heterocycles. The summed E-state index contributed by atoms with van der Waals surface area (Å²) in [5.74, 6) is 5.61. The largest absolute Gasteiger partial charge is 0.337 e. The van der Waals surface area contributed by atoms with E-state index in [2.05, 4.69) is 15.6 Å². The van der Waals surface area contributed by atoms with Crippen molar-refractivity contribution in [1.29, 1.82) is 0 Å². The standard InChI is InChI=1S/C13H21N5O/c1-18(10-6-4-2-3-5-7-10)13(19)11-8-9-12(15-14)17-16-11/h8-10H,2-7,14H2,1H3,(H,15,17). The fraction of sp³-hybridized carbons (Fsp3) is 0.615. The van der Waals surface area contributed by atoms with Gasteiger partial charge in [0.2, 0.25) is 0 Å². The summed E-state index contributed by atoms with van der Waals surface area (Å²) in [6.45, 7) is 0. The van der Waals surface area contributed by atoms with Crippen LogP contribution in [0.1, 0.15) is 49.0 Å². The number of nitrogens with two attached hydrogens (primary N) is 1. The van der Waals surface area contributed by atoms with Gasteiger partial charge >= 0.3 is 0 Å². The Morgan fingerprint density at radius 3 is 2.47 bits per heavy atom. The van der Waals surface area contributed by atoms with E-state index in [1.54, 1.807) is 12.1 Å². The zero-order valence-corrected chi connectivity index (χ0v) is 11.3. The molecule has 19 heavy (non-hydrogen) atoms. The first-order valence-electron chi connectivity index (χ1n) is 6.80. The van der Waals surface area contributed by atoms with Crippen molar-refractivity contribution in [2.75, 3.05) is 12.5 Å². The smallest absolute Gasteiger partial charge is 0.274 e. The summed E-state index contributed by atoms with van der Waals surface area (Å²) in [7, 11) is 1.86. The highest BCUT2D eigenvalue weighted by atomic mass is 16.2. The number of carbonyl (C=O) groups is 1. The summed E-state index contributed by atoms with van der Waals surface area (Å²) >= 11 is 0. The van der Waals surface area contributed by atoms with Gasteiger partial charge in [-0.25, -0.2) is 5.84 Å². The molecule has 1 aliphatic rings. The number of hydrogen-bond acceptors (Lipinski definition) is 5. The minimum absolute atomic E-state index is 0.0667. The molecule has 0 aliphatic heterocycles. The minimum atomic E-state index is -0.0667. The molecule has 0 radical (unpaired) electrons. The van der Waals surface area contributed by atoms with Gasteiger partial charge in [-0.1, -0.05) is 25.7 Å². The number of nitrogen functional groups attached to an aromatic ring is 1. The number of nitrogens with one attached hydrogen (secondary N) is 1. The topological polar surface area (TPSA) is 84.1 Å². The van der Waals surface area contributed by atoms with Crippen molar-refractivity contribution in [1.82, 2.24) is 15.1 Å². The maximum Gasteiger partial charge on any atom is 0.274 e. The van der Waals surface area contributed by atoms with Gasteiger partial charge in [0.15, 0.2) is 11.5 Å². The second-order valence-electron chi connectivity index (χ2n) is 5.01. The Morgan fingerprint density at radius 2 is 1.95 bits per heavy atom. The molecule has 0 spiro atoms. The van der Waals surface area contributed by atoms with Crippen LogP contribution in [-0.4, -0.2) is 34.1 Å². The van der Waals surface area contributed by atoms with Crippen LogP contribution in [0.4, 0.5) is 5.82 Å². The molecule has 0 unspecified atom stereocenters. The van der Waals surface area contributed by atoms with Gasteiger partial charge in [-0.15, -0.1) is 10.2 Å². The monoisotopic (exact) mass is 263 g/mol. The molecule has 1 aromatic heterocycles. The lowest BCUT2D eigenvalue weighted by Crippen LogP contribution is -2.37. The van der Waals surface area contributed by atoms with E-state index >= 15 is 0 Å². The molecule has 6 nitrogen and oxygen atoms in total. The summed E-state index contributed by atoms with van der Waals surface area (Å²) < 4.78 is 0. The molecule has 3 N–H and O–H groups in total. The molecule has 0 atom stereocenters. The van der Waals surface area contributed by atoms with Crippen molar-refractivity contribution in [2.45, 2.75) is 44.6 Å². The molecule has 0 aromatic carbocycles. The van der Waals surface area contributed by atoms with Gasteiger partial charge in [0.1, 0.15) is 0 Å². The van der Waals surface area contributed by atoms with E-state index in [-0.39, 0.29) is 5.91 Å². The van der Waals surface area contributed by atoms with Crippen LogP contribution in [0.5, 0.6) is 0 Å². The van der Waals surface area contributed by atoms with E-state index in [9.17, 15) is 4.79 Å². The Kier molecular flexibility index (Phi) is 4.68. The lowest BCUT2D eigenvalue weighted by atomic mass is 10.1. The van der Waals surface area contributed by atoms with E-state index in [0.29, 0.717) is 17.6 Å². The van der Waals surface area contributed by atoms with Crippen LogP contribution < -0.4 is 11.3 Å². The maximum absolute atomic E-state index is 12.3. The van der Waals surface area contributed by atoms with Gasteiger partial charge in [-0.2, -0.15) is 0 Å². The van der Waals surface area contributed by atoms with E-state index in [0.717, 1.165) is 12.8 Å². The van der Waals surface area contributed by atoms with Gasteiger partial charge < -0.3 is 10.3 Å². The number of hydrogen-bond donors (Lipinski definition) is 2. The van der Waals surface area contributed by atoms with Crippen molar-refractivity contribution < 1.29 is 4.79 Å². The van der Waals surface area contributed by atoms with Crippen LogP contribution >= 0.6 is 0 Å². The highest BCUT2D eigenvalue weighted by Crippen LogP contribution is 2.22. The van der Waals surface area contributed by atoms with E-state index in [1.165, 1.54) is 25.7 Å². The summed E-state index contributed by atoms with van der Waals surface area (Å²) in [6, 6.07) is 3.63. The van der Waals surface area contributed by atoms with Crippen molar-refractivity contribution in [3.63, 3.8) is 0 Å². The lowest BCUT2D eigenvalue weighted by Gasteiger charge is -2.26. The van der Waals surface area contributed by atoms with Crippen molar-refractivity contribution >= 4 is 11.7 Å². The van der Waals surface area contributed by atoms with Crippen LogP contribution in [-0.2, 0) is 0 Å². The Hall–Kier alpha value is -1.69. The maximum atomic E-state index is 12.3. The number of hydrazine groups is 1. The molecule has 1 heterocycles. The molecule has 0 bridgehead atoms. The average molecular weight is 263 g/mol. The SMILES string of the molecule is CN(C(=O)c1ccc(NN)nn1)C1CCCCCC1. The Labute approximate surface area is 113 Å². The third-order valence-corrected chi connectivity index (χ3v) is 3.72. The second kappa shape index (κ2) is 6.47. The summed E-state index contributed by atoms with van der Waals surface area (Å²) in [5, 5.41) is 7.74. The van der Waals surface area contributed by atoms with Crippen LogP contribution in [0.3, 0.4) is 0 Å². The molecule has 104 valence electrons. The summed E-state index contributed by atoms with van der Waals surface area (Å²) in [4.78, 5) is 14.1. The molecule has 1 amide bonds. The number of carbonyl (C=O) groups excluding carboxylic acids is 1. The van der Waals surface area contributed by atoms with Crippen LogP contribution in [0.15, 0.2) is 12.1 Å². The summed E-state index contributed by atoms with van der Waals surface area (Å²) in [5.41, 5.74) is 2.76. The third-order valence-electron chi connectivity index (χ3n) is 3.72. The van der Waals surface area contributed by atoms with E-state index < -0.39 is 0 Å². The molecule has 1 aliphatic carbocycles. The Balaban J connectivity index is 2.04. The fourth-order valence-electron chi connectivity index (χ4n) is 2.51. The molecule has 1 saturated carbocycles. The van der Waals surface area contributed by atoms with Crippen LogP contribution in [0.25, 0.3) is 0 Å². The number of aromatic nitrogens is 2. The first-order valence-corrected chi connectivity index (χ1v) is 6.80. The fourth-order valence-corrected chi connectivity index (χ4v) is 2.51. The van der Waals surface area contributed by atoms with Gasteiger partial charge in [0.05, 0.1) is 0 Å². The Bertz CT molecular complexity index is 412. The third kappa shape index (κ3) is 3.41. The van der Waals surface area contributed by atoms with Gasteiger partial charge in [0.25, 0.3) is 5.91 Å². The van der Waals surface area contributed by atoms with Crippen LogP contribution in [0.2, 0.25) is 0 Å². The minimum Gasteiger partial charge on any atom is -0.337 e. The van der Waals surface area contributed by atoms with E-state index in [4.69, 9.17) is 5.84 Å². The van der Waals surface area contributed by atoms with Crippen molar-refractivity contribution in [3.05, 3.63) is 17.8 Å².